The van der Waals surface area contributed by atoms with E-state index < -0.39 is 0 Å². The monoisotopic (exact) mass is 474 g/mol. The van der Waals surface area contributed by atoms with Crippen LogP contribution < -0.4 is 5.32 Å². The van der Waals surface area contributed by atoms with Crippen LogP contribution in [-0.2, 0) is 18.4 Å². The molecule has 1 amide bonds. The first-order valence-electron chi connectivity index (χ1n) is 10.3. The van der Waals surface area contributed by atoms with Gasteiger partial charge in [0, 0.05) is 30.9 Å². The second kappa shape index (κ2) is 10.1. The SMILES string of the molecule is CNc1cscc1C(=O)N(CCc1ccc(Cl)c(Cl)c1)Cc1ccc(C(C)(C)C)cc1. The van der Waals surface area contributed by atoms with Crippen LogP contribution in [0, 0.1) is 0 Å². The molecule has 3 rings (SSSR count). The van der Waals surface area contributed by atoms with Gasteiger partial charge in [-0.3, -0.25) is 4.79 Å². The fourth-order valence-electron chi connectivity index (χ4n) is 3.37. The van der Waals surface area contributed by atoms with E-state index in [9.17, 15) is 4.79 Å². The highest BCUT2D eigenvalue weighted by molar-refractivity contribution is 7.08. The van der Waals surface area contributed by atoms with Crippen molar-refractivity contribution in [2.24, 2.45) is 0 Å². The van der Waals surface area contributed by atoms with Crippen molar-refractivity contribution >= 4 is 46.1 Å². The highest BCUT2D eigenvalue weighted by atomic mass is 35.5. The zero-order chi connectivity index (χ0) is 22.6. The molecule has 0 fully saturated rings. The van der Waals surface area contributed by atoms with Gasteiger partial charge in [0.15, 0.2) is 0 Å². The number of carbonyl (C=O) groups excluding carboxylic acids is 1. The minimum atomic E-state index is 0.0190. The zero-order valence-electron chi connectivity index (χ0n) is 18.3. The summed E-state index contributed by atoms with van der Waals surface area (Å²) in [7, 11) is 1.84. The van der Waals surface area contributed by atoms with Gasteiger partial charge < -0.3 is 10.2 Å². The second-order valence-electron chi connectivity index (χ2n) is 8.62. The van der Waals surface area contributed by atoms with Crippen LogP contribution in [0.1, 0.15) is 47.8 Å². The molecule has 0 saturated carbocycles. The van der Waals surface area contributed by atoms with Gasteiger partial charge in [0.25, 0.3) is 5.91 Å². The summed E-state index contributed by atoms with van der Waals surface area (Å²) in [5.74, 6) is 0.0190. The van der Waals surface area contributed by atoms with Crippen molar-refractivity contribution in [2.45, 2.75) is 39.2 Å². The van der Waals surface area contributed by atoms with Gasteiger partial charge in [-0.25, -0.2) is 0 Å². The van der Waals surface area contributed by atoms with Crippen molar-refractivity contribution in [3.63, 3.8) is 0 Å². The number of hydrogen-bond donors (Lipinski definition) is 1. The van der Waals surface area contributed by atoms with Crippen LogP contribution in [0.2, 0.25) is 10.0 Å². The smallest absolute Gasteiger partial charge is 0.257 e. The molecule has 3 aromatic rings. The average Bonchev–Trinajstić information content (AvgIpc) is 3.21. The number of hydrogen-bond acceptors (Lipinski definition) is 3. The van der Waals surface area contributed by atoms with E-state index in [2.05, 4.69) is 50.4 Å². The van der Waals surface area contributed by atoms with Gasteiger partial charge in [0.05, 0.1) is 21.3 Å². The van der Waals surface area contributed by atoms with Crippen LogP contribution >= 0.6 is 34.5 Å². The summed E-state index contributed by atoms with van der Waals surface area (Å²) >= 11 is 13.7. The third-order valence-corrected chi connectivity index (χ3v) is 6.78. The van der Waals surface area contributed by atoms with Crippen molar-refractivity contribution in [1.82, 2.24) is 4.90 Å². The van der Waals surface area contributed by atoms with Crippen LogP contribution in [0.15, 0.2) is 53.2 Å². The number of carbonyl (C=O) groups is 1. The van der Waals surface area contributed by atoms with Gasteiger partial charge in [-0.05, 0) is 40.7 Å². The molecule has 1 heterocycles. The summed E-state index contributed by atoms with van der Waals surface area (Å²) in [5.41, 5.74) is 5.09. The molecule has 6 heteroatoms. The van der Waals surface area contributed by atoms with Gasteiger partial charge in [-0.2, -0.15) is 0 Å². The van der Waals surface area contributed by atoms with Crippen LogP contribution in [0.25, 0.3) is 0 Å². The molecule has 0 aliphatic heterocycles. The maximum atomic E-state index is 13.4. The summed E-state index contributed by atoms with van der Waals surface area (Å²) in [5, 5.41) is 8.05. The molecular formula is C25H28Cl2N2OS. The molecule has 0 saturated heterocycles. The van der Waals surface area contributed by atoms with Gasteiger partial charge in [0.2, 0.25) is 0 Å². The minimum Gasteiger partial charge on any atom is -0.387 e. The van der Waals surface area contributed by atoms with E-state index in [0.29, 0.717) is 35.1 Å². The highest BCUT2D eigenvalue weighted by Gasteiger charge is 2.20. The summed E-state index contributed by atoms with van der Waals surface area (Å²) in [6.45, 7) is 7.72. The first-order valence-corrected chi connectivity index (χ1v) is 12.0. The first kappa shape index (κ1) is 23.6. The van der Waals surface area contributed by atoms with Crippen molar-refractivity contribution in [1.29, 1.82) is 0 Å². The zero-order valence-corrected chi connectivity index (χ0v) is 20.7. The topological polar surface area (TPSA) is 32.3 Å². The molecule has 0 radical (unpaired) electrons. The van der Waals surface area contributed by atoms with Gasteiger partial charge in [0.1, 0.15) is 0 Å². The summed E-state index contributed by atoms with van der Waals surface area (Å²) in [4.78, 5) is 15.3. The lowest BCUT2D eigenvalue weighted by Gasteiger charge is -2.24. The van der Waals surface area contributed by atoms with E-state index in [1.165, 1.54) is 16.9 Å². The molecule has 31 heavy (non-hydrogen) atoms. The quantitative estimate of drug-likeness (QED) is 0.390. The van der Waals surface area contributed by atoms with E-state index in [1.54, 1.807) is 6.07 Å². The Kier molecular flexibility index (Phi) is 7.68. The Hall–Kier alpha value is -2.01. The fraction of sp³-hybridized carbons (Fsp3) is 0.320. The number of nitrogens with zero attached hydrogens (tertiary/aromatic N) is 1. The molecule has 164 valence electrons. The molecule has 0 unspecified atom stereocenters. The van der Waals surface area contributed by atoms with Crippen LogP contribution in [-0.4, -0.2) is 24.4 Å². The van der Waals surface area contributed by atoms with Crippen LogP contribution in [0.3, 0.4) is 0 Å². The van der Waals surface area contributed by atoms with E-state index >= 15 is 0 Å². The normalized spacial score (nSPS) is 11.4. The lowest BCUT2D eigenvalue weighted by Crippen LogP contribution is -2.32. The predicted molar refractivity (Wildman–Crippen MR) is 134 cm³/mol. The van der Waals surface area contributed by atoms with Gasteiger partial charge in [-0.1, -0.05) is 74.3 Å². The molecule has 3 nitrogen and oxygen atoms in total. The van der Waals surface area contributed by atoms with E-state index in [0.717, 1.165) is 16.8 Å². The van der Waals surface area contributed by atoms with Crippen LogP contribution in [0.5, 0.6) is 0 Å². The third kappa shape index (κ3) is 6.03. The number of thiophene rings is 1. The predicted octanol–water partition coefficient (Wildman–Crippen LogP) is 7.28. The molecule has 0 aliphatic rings. The lowest BCUT2D eigenvalue weighted by atomic mass is 9.87. The largest absolute Gasteiger partial charge is 0.387 e. The number of nitrogens with one attached hydrogen (secondary N) is 1. The second-order valence-corrected chi connectivity index (χ2v) is 10.2. The van der Waals surface area contributed by atoms with Crippen molar-refractivity contribution in [3.05, 3.63) is 85.5 Å². The molecule has 2 aromatic carbocycles. The van der Waals surface area contributed by atoms with Crippen molar-refractivity contribution in [3.8, 4) is 0 Å². The molecule has 0 spiro atoms. The first-order chi connectivity index (χ1) is 14.7. The molecule has 1 N–H and O–H groups in total. The highest BCUT2D eigenvalue weighted by Crippen LogP contribution is 2.26. The van der Waals surface area contributed by atoms with Crippen molar-refractivity contribution in [2.75, 3.05) is 18.9 Å². The lowest BCUT2D eigenvalue weighted by molar-refractivity contribution is 0.0746. The van der Waals surface area contributed by atoms with Crippen molar-refractivity contribution < 1.29 is 4.79 Å². The maximum absolute atomic E-state index is 13.4. The summed E-state index contributed by atoms with van der Waals surface area (Å²) in [6.07, 6.45) is 0.696. The molecular weight excluding hydrogens is 447 g/mol. The Bertz CT molecular complexity index is 1040. The minimum absolute atomic E-state index is 0.0190. The molecule has 0 aliphatic carbocycles. The average molecular weight is 475 g/mol. The summed E-state index contributed by atoms with van der Waals surface area (Å²) < 4.78 is 0. The number of benzene rings is 2. The fourth-order valence-corrected chi connectivity index (χ4v) is 4.50. The molecule has 1 aromatic heterocycles. The number of halogens is 2. The number of rotatable bonds is 7. The van der Waals surface area contributed by atoms with E-state index in [4.69, 9.17) is 23.2 Å². The summed E-state index contributed by atoms with van der Waals surface area (Å²) in [6, 6.07) is 14.2. The van der Waals surface area contributed by atoms with E-state index in [1.807, 2.05) is 34.8 Å². The number of amides is 1. The van der Waals surface area contributed by atoms with Gasteiger partial charge >= 0.3 is 0 Å². The Morgan fingerprint density at radius 1 is 1.00 bits per heavy atom. The van der Waals surface area contributed by atoms with Gasteiger partial charge in [-0.15, -0.1) is 11.3 Å². The maximum Gasteiger partial charge on any atom is 0.257 e. The molecule has 0 atom stereocenters. The van der Waals surface area contributed by atoms with Crippen LogP contribution in [0.4, 0.5) is 5.69 Å². The van der Waals surface area contributed by atoms with E-state index in [-0.39, 0.29) is 11.3 Å². The Morgan fingerprint density at radius 2 is 1.68 bits per heavy atom. The Balaban J connectivity index is 1.82. The number of anilines is 1. The standard InChI is InChI=1S/C25H28Cl2N2OS/c1-25(2,3)19-8-5-18(6-9-19)14-29(24(30)20-15-31-16-23(20)28-4)12-11-17-7-10-21(26)22(27)13-17/h5-10,13,15-16,28H,11-12,14H2,1-4H3. The Labute approximate surface area is 199 Å². The Morgan fingerprint density at radius 3 is 2.29 bits per heavy atom. The molecule has 0 bridgehead atoms. The third-order valence-electron chi connectivity index (χ3n) is 5.30.